The van der Waals surface area contributed by atoms with Gasteiger partial charge in [-0.15, -0.1) is 0 Å². The molecule has 2 unspecified atom stereocenters. The Bertz CT molecular complexity index is 642. The first kappa shape index (κ1) is 20.4. The minimum absolute atomic E-state index is 0.0111. The molecule has 144 valence electrons. The molecule has 2 N–H and O–H groups in total. The molecule has 1 saturated heterocycles. The Morgan fingerprint density at radius 2 is 1.92 bits per heavy atom. The fourth-order valence-corrected chi connectivity index (χ4v) is 3.34. The standard InChI is InChI=1S/C21H33N3O2/c1-14(2)20(25)22-12-18-7-6-10-24(13-18)17(5)21(26)23-19-11-15(3)8-9-16(19)4/h8-9,11,14,17-18H,6-7,10,12-13H2,1-5H3,(H,22,25)(H,23,26). The Hall–Kier alpha value is -1.88. The first-order chi connectivity index (χ1) is 12.3. The second kappa shape index (κ2) is 9.17. The van der Waals surface area contributed by atoms with E-state index < -0.39 is 0 Å². The van der Waals surface area contributed by atoms with Gasteiger partial charge in [0.05, 0.1) is 6.04 Å². The number of nitrogens with zero attached hydrogens (tertiary/aromatic N) is 1. The second-order valence-electron chi connectivity index (χ2n) is 7.89. The van der Waals surface area contributed by atoms with Crippen LogP contribution in [0.5, 0.6) is 0 Å². The molecule has 1 aromatic carbocycles. The maximum Gasteiger partial charge on any atom is 0.241 e. The predicted octanol–water partition coefficient (Wildman–Crippen LogP) is 3.11. The first-order valence-corrected chi connectivity index (χ1v) is 9.67. The molecule has 0 bridgehead atoms. The molecule has 1 heterocycles. The summed E-state index contributed by atoms with van der Waals surface area (Å²) in [5, 5.41) is 6.11. The molecule has 0 aliphatic carbocycles. The van der Waals surface area contributed by atoms with Crippen LogP contribution in [0, 0.1) is 25.7 Å². The third-order valence-corrected chi connectivity index (χ3v) is 5.22. The van der Waals surface area contributed by atoms with Gasteiger partial charge in [-0.3, -0.25) is 14.5 Å². The average Bonchev–Trinajstić information content (AvgIpc) is 2.62. The molecule has 1 aliphatic rings. The molecule has 5 nitrogen and oxygen atoms in total. The van der Waals surface area contributed by atoms with Crippen molar-refractivity contribution >= 4 is 17.5 Å². The lowest BCUT2D eigenvalue weighted by molar-refractivity contribution is -0.125. The number of nitrogens with one attached hydrogen (secondary N) is 2. The molecule has 0 aromatic heterocycles. The van der Waals surface area contributed by atoms with Crippen LogP contribution in [0.3, 0.4) is 0 Å². The van der Waals surface area contributed by atoms with Crippen molar-refractivity contribution in [1.82, 2.24) is 10.2 Å². The normalized spacial score (nSPS) is 19.2. The summed E-state index contributed by atoms with van der Waals surface area (Å²) in [6.45, 7) is 12.3. The zero-order valence-corrected chi connectivity index (χ0v) is 16.8. The van der Waals surface area contributed by atoms with Gasteiger partial charge in [0.2, 0.25) is 11.8 Å². The van der Waals surface area contributed by atoms with Gasteiger partial charge in [-0.1, -0.05) is 26.0 Å². The second-order valence-corrected chi connectivity index (χ2v) is 7.89. The molecular weight excluding hydrogens is 326 g/mol. The van der Waals surface area contributed by atoms with Gasteiger partial charge in [-0.05, 0) is 63.3 Å². The molecule has 1 aliphatic heterocycles. The van der Waals surface area contributed by atoms with Crippen molar-refractivity contribution in [1.29, 1.82) is 0 Å². The highest BCUT2D eigenvalue weighted by atomic mass is 16.2. The largest absolute Gasteiger partial charge is 0.356 e. The van der Waals surface area contributed by atoms with Crippen molar-refractivity contribution in [2.24, 2.45) is 11.8 Å². The van der Waals surface area contributed by atoms with E-state index in [9.17, 15) is 9.59 Å². The molecule has 0 saturated carbocycles. The lowest BCUT2D eigenvalue weighted by Crippen LogP contribution is -2.49. The number of benzene rings is 1. The molecule has 0 spiro atoms. The Morgan fingerprint density at radius 1 is 1.19 bits per heavy atom. The van der Waals surface area contributed by atoms with E-state index in [1.54, 1.807) is 0 Å². The smallest absolute Gasteiger partial charge is 0.241 e. The van der Waals surface area contributed by atoms with E-state index in [-0.39, 0.29) is 23.8 Å². The minimum Gasteiger partial charge on any atom is -0.356 e. The minimum atomic E-state index is -0.182. The number of carbonyl (C=O) groups excluding carboxylic acids is 2. The van der Waals surface area contributed by atoms with Crippen LogP contribution in [0.25, 0.3) is 0 Å². The van der Waals surface area contributed by atoms with E-state index in [4.69, 9.17) is 0 Å². The number of aryl methyl sites for hydroxylation is 2. The first-order valence-electron chi connectivity index (χ1n) is 9.67. The van der Waals surface area contributed by atoms with Crippen molar-refractivity contribution in [2.45, 2.75) is 53.5 Å². The zero-order valence-electron chi connectivity index (χ0n) is 16.8. The predicted molar refractivity (Wildman–Crippen MR) is 106 cm³/mol. The zero-order chi connectivity index (χ0) is 19.3. The Labute approximate surface area is 157 Å². The van der Waals surface area contributed by atoms with E-state index in [0.717, 1.165) is 42.7 Å². The Kier molecular flexibility index (Phi) is 7.21. The summed E-state index contributed by atoms with van der Waals surface area (Å²) < 4.78 is 0. The third kappa shape index (κ3) is 5.56. The van der Waals surface area contributed by atoms with Crippen molar-refractivity contribution in [3.63, 3.8) is 0 Å². The Morgan fingerprint density at radius 3 is 2.62 bits per heavy atom. The van der Waals surface area contributed by atoms with Gasteiger partial charge in [-0.2, -0.15) is 0 Å². The fraction of sp³-hybridized carbons (Fsp3) is 0.619. The van der Waals surface area contributed by atoms with Crippen LogP contribution in [0.15, 0.2) is 18.2 Å². The van der Waals surface area contributed by atoms with Crippen LogP contribution in [0.4, 0.5) is 5.69 Å². The lowest BCUT2D eigenvalue weighted by Gasteiger charge is -2.36. The molecule has 26 heavy (non-hydrogen) atoms. The lowest BCUT2D eigenvalue weighted by atomic mass is 9.96. The highest BCUT2D eigenvalue weighted by molar-refractivity contribution is 5.95. The fourth-order valence-electron chi connectivity index (χ4n) is 3.34. The summed E-state index contributed by atoms with van der Waals surface area (Å²) >= 11 is 0. The van der Waals surface area contributed by atoms with Gasteiger partial charge in [-0.25, -0.2) is 0 Å². The number of likely N-dealkylation sites (tertiary alicyclic amines) is 1. The highest BCUT2D eigenvalue weighted by Gasteiger charge is 2.28. The number of piperidine rings is 1. The molecule has 5 heteroatoms. The molecule has 2 amide bonds. The molecule has 1 fully saturated rings. The van der Waals surface area contributed by atoms with Gasteiger partial charge in [0.1, 0.15) is 0 Å². The van der Waals surface area contributed by atoms with Crippen molar-refractivity contribution in [3.05, 3.63) is 29.3 Å². The molecule has 0 radical (unpaired) electrons. The monoisotopic (exact) mass is 359 g/mol. The van der Waals surface area contributed by atoms with Crippen molar-refractivity contribution < 1.29 is 9.59 Å². The van der Waals surface area contributed by atoms with Gasteiger partial charge >= 0.3 is 0 Å². The summed E-state index contributed by atoms with van der Waals surface area (Å²) in [6.07, 6.45) is 2.16. The summed E-state index contributed by atoms with van der Waals surface area (Å²) in [7, 11) is 0. The molecule has 2 rings (SSSR count). The number of anilines is 1. The summed E-state index contributed by atoms with van der Waals surface area (Å²) in [6, 6.07) is 5.91. The van der Waals surface area contributed by atoms with Crippen LogP contribution in [-0.4, -0.2) is 42.4 Å². The van der Waals surface area contributed by atoms with E-state index in [1.807, 2.05) is 46.8 Å². The van der Waals surface area contributed by atoms with Gasteiger partial charge < -0.3 is 10.6 Å². The molecular formula is C21H33N3O2. The third-order valence-electron chi connectivity index (χ3n) is 5.22. The number of amides is 2. The van der Waals surface area contributed by atoms with E-state index in [0.29, 0.717) is 12.5 Å². The van der Waals surface area contributed by atoms with Crippen molar-refractivity contribution in [3.8, 4) is 0 Å². The number of carbonyl (C=O) groups is 2. The summed E-state index contributed by atoms with van der Waals surface area (Å²) in [5.41, 5.74) is 3.10. The van der Waals surface area contributed by atoms with Crippen LogP contribution < -0.4 is 10.6 Å². The van der Waals surface area contributed by atoms with Crippen molar-refractivity contribution in [2.75, 3.05) is 25.0 Å². The van der Waals surface area contributed by atoms with Crippen LogP contribution in [0.2, 0.25) is 0 Å². The maximum atomic E-state index is 12.7. The SMILES string of the molecule is Cc1ccc(C)c(NC(=O)C(C)N2CCCC(CNC(=O)C(C)C)C2)c1. The van der Waals surface area contributed by atoms with E-state index in [2.05, 4.69) is 21.6 Å². The average molecular weight is 360 g/mol. The highest BCUT2D eigenvalue weighted by Crippen LogP contribution is 2.21. The van der Waals surface area contributed by atoms with Gasteiger partial charge in [0.25, 0.3) is 0 Å². The summed E-state index contributed by atoms with van der Waals surface area (Å²) in [4.78, 5) is 26.7. The van der Waals surface area contributed by atoms with Crippen LogP contribution in [-0.2, 0) is 9.59 Å². The maximum absolute atomic E-state index is 12.7. The topological polar surface area (TPSA) is 61.4 Å². The van der Waals surface area contributed by atoms with Crippen LogP contribution >= 0.6 is 0 Å². The summed E-state index contributed by atoms with van der Waals surface area (Å²) in [5.74, 6) is 0.549. The van der Waals surface area contributed by atoms with Crippen LogP contribution in [0.1, 0.15) is 44.7 Å². The molecule has 2 atom stereocenters. The Balaban J connectivity index is 1.91. The van der Waals surface area contributed by atoms with E-state index in [1.165, 1.54) is 0 Å². The number of hydrogen-bond acceptors (Lipinski definition) is 3. The quantitative estimate of drug-likeness (QED) is 0.820. The number of rotatable bonds is 6. The molecule has 1 aromatic rings. The van der Waals surface area contributed by atoms with Gasteiger partial charge in [0, 0.05) is 24.7 Å². The number of hydrogen-bond donors (Lipinski definition) is 2. The van der Waals surface area contributed by atoms with Gasteiger partial charge in [0.15, 0.2) is 0 Å². The van der Waals surface area contributed by atoms with E-state index >= 15 is 0 Å².